The predicted octanol–water partition coefficient (Wildman–Crippen LogP) is 3.67. The summed E-state index contributed by atoms with van der Waals surface area (Å²) in [5.74, 6) is 1.52. The molecule has 0 fully saturated rings. The molecule has 0 saturated carbocycles. The molecule has 2 heterocycles. The number of benzene rings is 2. The van der Waals surface area contributed by atoms with Gasteiger partial charge in [-0.1, -0.05) is 6.07 Å². The number of aromatic nitrogens is 1. The van der Waals surface area contributed by atoms with Gasteiger partial charge in [-0.3, -0.25) is 4.79 Å². The van der Waals surface area contributed by atoms with Crippen LogP contribution in [0.15, 0.2) is 60.8 Å². The lowest BCUT2D eigenvalue weighted by Gasteiger charge is -2.08. The number of amides is 1. The second-order valence-corrected chi connectivity index (χ2v) is 5.81. The van der Waals surface area contributed by atoms with Gasteiger partial charge in [0.15, 0.2) is 11.5 Å². The number of hydrogen-bond acceptors (Lipinski definition) is 5. The molecule has 1 aliphatic heterocycles. The lowest BCUT2D eigenvalue weighted by Crippen LogP contribution is -2.22. The molecule has 1 aliphatic rings. The molecular formula is C20H15FN2O4. The third kappa shape index (κ3) is 3.98. The number of pyridine rings is 1. The maximum Gasteiger partial charge on any atom is 0.251 e. The fourth-order valence-electron chi connectivity index (χ4n) is 2.52. The Morgan fingerprint density at radius 3 is 2.67 bits per heavy atom. The molecule has 0 aliphatic carbocycles. The second kappa shape index (κ2) is 7.33. The summed E-state index contributed by atoms with van der Waals surface area (Å²) in [6, 6.07) is 14.2. The summed E-state index contributed by atoms with van der Waals surface area (Å²) >= 11 is 0. The van der Waals surface area contributed by atoms with E-state index in [-0.39, 0.29) is 18.5 Å². The van der Waals surface area contributed by atoms with Crippen LogP contribution in [0.4, 0.5) is 4.39 Å². The molecule has 1 N–H and O–H groups in total. The molecule has 3 aromatic rings. The van der Waals surface area contributed by atoms with Crippen molar-refractivity contribution in [1.82, 2.24) is 10.3 Å². The van der Waals surface area contributed by atoms with Gasteiger partial charge in [-0.15, -0.1) is 0 Å². The molecule has 6 nitrogen and oxygen atoms in total. The van der Waals surface area contributed by atoms with Gasteiger partial charge in [-0.25, -0.2) is 9.37 Å². The Morgan fingerprint density at radius 2 is 1.89 bits per heavy atom. The van der Waals surface area contributed by atoms with E-state index in [1.54, 1.807) is 36.5 Å². The quantitative estimate of drug-likeness (QED) is 0.746. The third-order valence-corrected chi connectivity index (χ3v) is 3.92. The summed E-state index contributed by atoms with van der Waals surface area (Å²) in [4.78, 5) is 16.5. The lowest BCUT2D eigenvalue weighted by molar-refractivity contribution is 0.0950. The zero-order valence-electron chi connectivity index (χ0n) is 14.1. The van der Waals surface area contributed by atoms with E-state index in [2.05, 4.69) is 10.3 Å². The molecule has 0 spiro atoms. The van der Waals surface area contributed by atoms with E-state index >= 15 is 0 Å². The van der Waals surface area contributed by atoms with Crippen molar-refractivity contribution in [3.63, 3.8) is 0 Å². The standard InChI is InChI=1S/C20H15FN2O4/c21-15-3-5-16(6-4-15)27-19-8-1-13(10-22-19)11-23-20(24)14-2-7-17-18(9-14)26-12-25-17/h1-10H,11-12H2,(H,23,24). The Kier molecular flexibility index (Phi) is 4.57. The summed E-state index contributed by atoms with van der Waals surface area (Å²) in [7, 11) is 0. The number of rotatable bonds is 5. The monoisotopic (exact) mass is 366 g/mol. The van der Waals surface area contributed by atoms with Crippen molar-refractivity contribution in [2.45, 2.75) is 6.54 Å². The van der Waals surface area contributed by atoms with Crippen molar-refractivity contribution in [1.29, 1.82) is 0 Å². The highest BCUT2D eigenvalue weighted by molar-refractivity contribution is 5.94. The highest BCUT2D eigenvalue weighted by Gasteiger charge is 2.16. The maximum absolute atomic E-state index is 12.9. The number of carbonyl (C=O) groups is 1. The van der Waals surface area contributed by atoms with Crippen LogP contribution >= 0.6 is 0 Å². The van der Waals surface area contributed by atoms with E-state index < -0.39 is 0 Å². The summed E-state index contributed by atoms with van der Waals surface area (Å²) < 4.78 is 28.9. The number of hydrogen-bond donors (Lipinski definition) is 1. The molecule has 2 aromatic carbocycles. The van der Waals surface area contributed by atoms with Crippen LogP contribution in [0.3, 0.4) is 0 Å². The normalized spacial score (nSPS) is 11.9. The van der Waals surface area contributed by atoms with Gasteiger partial charge in [0.2, 0.25) is 12.7 Å². The highest BCUT2D eigenvalue weighted by atomic mass is 19.1. The van der Waals surface area contributed by atoms with Crippen molar-refractivity contribution in [3.05, 3.63) is 77.7 Å². The zero-order chi connectivity index (χ0) is 18.6. The molecule has 27 heavy (non-hydrogen) atoms. The molecule has 136 valence electrons. The fraction of sp³-hybridized carbons (Fsp3) is 0.100. The van der Waals surface area contributed by atoms with Gasteiger partial charge in [0.25, 0.3) is 5.91 Å². The lowest BCUT2D eigenvalue weighted by atomic mass is 10.2. The van der Waals surface area contributed by atoms with Crippen LogP contribution in [-0.2, 0) is 6.54 Å². The number of nitrogens with zero attached hydrogens (tertiary/aromatic N) is 1. The second-order valence-electron chi connectivity index (χ2n) is 5.81. The van der Waals surface area contributed by atoms with Crippen LogP contribution in [0.5, 0.6) is 23.1 Å². The van der Waals surface area contributed by atoms with E-state index in [0.717, 1.165) is 5.56 Å². The van der Waals surface area contributed by atoms with Crippen LogP contribution in [0, 0.1) is 5.82 Å². The first-order valence-corrected chi connectivity index (χ1v) is 8.23. The average Bonchev–Trinajstić information content (AvgIpc) is 3.17. The minimum absolute atomic E-state index is 0.165. The van der Waals surface area contributed by atoms with Gasteiger partial charge in [-0.2, -0.15) is 0 Å². The van der Waals surface area contributed by atoms with Crippen LogP contribution in [-0.4, -0.2) is 17.7 Å². The van der Waals surface area contributed by atoms with E-state index in [0.29, 0.717) is 35.2 Å². The molecule has 1 amide bonds. The van der Waals surface area contributed by atoms with Crippen LogP contribution in [0.25, 0.3) is 0 Å². The Morgan fingerprint density at radius 1 is 1.07 bits per heavy atom. The molecule has 4 rings (SSSR count). The zero-order valence-corrected chi connectivity index (χ0v) is 14.1. The number of nitrogens with one attached hydrogen (secondary N) is 1. The van der Waals surface area contributed by atoms with Gasteiger partial charge in [0, 0.05) is 24.4 Å². The van der Waals surface area contributed by atoms with E-state index in [4.69, 9.17) is 14.2 Å². The first-order chi connectivity index (χ1) is 13.2. The SMILES string of the molecule is O=C(NCc1ccc(Oc2ccc(F)cc2)nc1)c1ccc2c(c1)OCO2. The van der Waals surface area contributed by atoms with E-state index in [1.807, 2.05) is 0 Å². The molecule has 0 saturated heterocycles. The summed E-state index contributed by atoms with van der Waals surface area (Å²) in [6.45, 7) is 0.482. The predicted molar refractivity (Wildman–Crippen MR) is 94.4 cm³/mol. The van der Waals surface area contributed by atoms with Crippen LogP contribution in [0.2, 0.25) is 0 Å². The van der Waals surface area contributed by atoms with Crippen molar-refractivity contribution in [2.75, 3.05) is 6.79 Å². The van der Waals surface area contributed by atoms with Gasteiger partial charge in [-0.05, 0) is 48.0 Å². The van der Waals surface area contributed by atoms with Gasteiger partial charge in [0.05, 0.1) is 0 Å². The Bertz CT molecular complexity index is 959. The minimum Gasteiger partial charge on any atom is -0.454 e. The molecule has 0 unspecified atom stereocenters. The molecule has 0 atom stereocenters. The number of fused-ring (bicyclic) bond motifs is 1. The molecule has 1 aromatic heterocycles. The fourth-order valence-corrected chi connectivity index (χ4v) is 2.52. The van der Waals surface area contributed by atoms with E-state index in [9.17, 15) is 9.18 Å². The van der Waals surface area contributed by atoms with Crippen LogP contribution in [0.1, 0.15) is 15.9 Å². The van der Waals surface area contributed by atoms with E-state index in [1.165, 1.54) is 24.3 Å². The largest absolute Gasteiger partial charge is 0.454 e. The number of carbonyl (C=O) groups excluding carboxylic acids is 1. The molecule has 7 heteroatoms. The highest BCUT2D eigenvalue weighted by Crippen LogP contribution is 2.32. The summed E-state index contributed by atoms with van der Waals surface area (Å²) in [5.41, 5.74) is 1.30. The topological polar surface area (TPSA) is 69.7 Å². The van der Waals surface area contributed by atoms with Crippen molar-refractivity contribution >= 4 is 5.91 Å². The third-order valence-electron chi connectivity index (χ3n) is 3.92. The first-order valence-electron chi connectivity index (χ1n) is 8.23. The average molecular weight is 366 g/mol. The summed E-state index contributed by atoms with van der Waals surface area (Å²) in [5, 5.41) is 2.82. The van der Waals surface area contributed by atoms with Gasteiger partial charge >= 0.3 is 0 Å². The Balaban J connectivity index is 1.34. The van der Waals surface area contributed by atoms with Gasteiger partial charge < -0.3 is 19.5 Å². The smallest absolute Gasteiger partial charge is 0.251 e. The van der Waals surface area contributed by atoms with Crippen molar-refractivity contribution in [2.24, 2.45) is 0 Å². The minimum atomic E-state index is -0.330. The Labute approximate surface area is 154 Å². The first kappa shape index (κ1) is 16.8. The summed E-state index contributed by atoms with van der Waals surface area (Å²) in [6.07, 6.45) is 1.61. The Hall–Kier alpha value is -3.61. The van der Waals surface area contributed by atoms with Crippen LogP contribution < -0.4 is 19.5 Å². The molecular weight excluding hydrogens is 351 g/mol. The molecule has 0 bridgehead atoms. The van der Waals surface area contributed by atoms with Crippen molar-refractivity contribution in [3.8, 4) is 23.1 Å². The van der Waals surface area contributed by atoms with Crippen molar-refractivity contribution < 1.29 is 23.4 Å². The number of ether oxygens (including phenoxy) is 3. The molecule has 0 radical (unpaired) electrons. The maximum atomic E-state index is 12.9. The number of halogens is 1. The van der Waals surface area contributed by atoms with Gasteiger partial charge in [0.1, 0.15) is 11.6 Å².